The molecule has 0 radical (unpaired) electrons. The van der Waals surface area contributed by atoms with E-state index in [1.165, 1.54) is 5.56 Å². The Morgan fingerprint density at radius 1 is 0.926 bits per heavy atom. The molecule has 0 N–H and O–H groups in total. The summed E-state index contributed by atoms with van der Waals surface area (Å²) in [6.45, 7) is 2.93. The summed E-state index contributed by atoms with van der Waals surface area (Å²) >= 11 is 5.99. The smallest absolute Gasteiger partial charge is 0.123 e. The highest BCUT2D eigenvalue weighted by Crippen LogP contribution is 2.29. The lowest BCUT2D eigenvalue weighted by molar-refractivity contribution is 0.202. The molecule has 0 aliphatic carbocycles. The third kappa shape index (κ3) is 4.55. The number of benzene rings is 2. The first kappa shape index (κ1) is 18.1. The molecule has 0 saturated carbocycles. The minimum Gasteiger partial charge on any atom is -0.297 e. The Hall–Kier alpha value is -2.23. The number of halogens is 2. The van der Waals surface area contributed by atoms with Gasteiger partial charge >= 0.3 is 0 Å². The van der Waals surface area contributed by atoms with Crippen molar-refractivity contribution in [3.05, 3.63) is 89.0 Å². The van der Waals surface area contributed by atoms with E-state index >= 15 is 0 Å². The quantitative estimate of drug-likeness (QED) is 0.558. The van der Waals surface area contributed by atoms with Gasteiger partial charge in [-0.2, -0.15) is 0 Å². The predicted octanol–water partition coefficient (Wildman–Crippen LogP) is 5.92. The van der Waals surface area contributed by atoms with Crippen molar-refractivity contribution in [2.75, 3.05) is 13.1 Å². The van der Waals surface area contributed by atoms with Gasteiger partial charge in [0.25, 0.3) is 0 Å². The molecular formula is C23H22ClFN2. The van der Waals surface area contributed by atoms with Crippen LogP contribution in [0.1, 0.15) is 30.0 Å². The molecule has 1 fully saturated rings. The summed E-state index contributed by atoms with van der Waals surface area (Å²) in [5.74, 6) is 0.359. The zero-order valence-electron chi connectivity index (χ0n) is 15.1. The summed E-state index contributed by atoms with van der Waals surface area (Å²) in [5.41, 5.74) is 4.65. The standard InChI is InChI=1S/C23H22ClFN2/c24-21-5-1-18(2-6-21)20-9-12-26-23(15-20)16-27-13-10-19(11-14-27)17-3-7-22(25)8-4-17/h1-9,12,15,19H,10-11,13-14,16H2. The van der Waals surface area contributed by atoms with Crippen LogP contribution in [0, 0.1) is 5.82 Å². The van der Waals surface area contributed by atoms with Gasteiger partial charge in [-0.25, -0.2) is 4.39 Å². The van der Waals surface area contributed by atoms with Crippen molar-refractivity contribution in [1.82, 2.24) is 9.88 Å². The van der Waals surface area contributed by atoms with Crippen molar-refractivity contribution in [2.45, 2.75) is 25.3 Å². The summed E-state index contributed by atoms with van der Waals surface area (Å²) in [4.78, 5) is 7.01. The highest BCUT2D eigenvalue weighted by Gasteiger charge is 2.21. The number of piperidine rings is 1. The monoisotopic (exact) mass is 380 g/mol. The normalized spacial score (nSPS) is 15.8. The molecule has 1 aliphatic heterocycles. The zero-order chi connectivity index (χ0) is 18.6. The second-order valence-corrected chi connectivity index (χ2v) is 7.58. The number of likely N-dealkylation sites (tertiary alicyclic amines) is 1. The van der Waals surface area contributed by atoms with Gasteiger partial charge in [-0.15, -0.1) is 0 Å². The molecule has 0 amide bonds. The Morgan fingerprint density at radius 3 is 2.33 bits per heavy atom. The maximum absolute atomic E-state index is 13.1. The summed E-state index contributed by atoms with van der Waals surface area (Å²) in [6, 6.07) is 19.1. The first-order valence-electron chi connectivity index (χ1n) is 9.36. The van der Waals surface area contributed by atoms with Crippen molar-refractivity contribution >= 4 is 11.6 Å². The Labute approximate surface area is 164 Å². The van der Waals surface area contributed by atoms with E-state index in [0.29, 0.717) is 5.92 Å². The number of hydrogen-bond donors (Lipinski definition) is 0. The van der Waals surface area contributed by atoms with Gasteiger partial charge in [0.2, 0.25) is 0 Å². The minimum absolute atomic E-state index is 0.164. The van der Waals surface area contributed by atoms with Crippen LogP contribution in [0.2, 0.25) is 5.02 Å². The molecular weight excluding hydrogens is 359 g/mol. The summed E-state index contributed by atoms with van der Waals surface area (Å²) < 4.78 is 13.1. The van der Waals surface area contributed by atoms with E-state index in [4.69, 9.17) is 11.6 Å². The Bertz CT molecular complexity index is 885. The molecule has 4 rings (SSSR count). The fourth-order valence-electron chi connectivity index (χ4n) is 3.78. The Kier molecular flexibility index (Phi) is 5.51. The van der Waals surface area contributed by atoms with Gasteiger partial charge in [0, 0.05) is 17.8 Å². The molecule has 2 nitrogen and oxygen atoms in total. The number of rotatable bonds is 4. The van der Waals surface area contributed by atoms with Gasteiger partial charge in [0.15, 0.2) is 0 Å². The molecule has 27 heavy (non-hydrogen) atoms. The van der Waals surface area contributed by atoms with E-state index in [0.717, 1.165) is 54.3 Å². The van der Waals surface area contributed by atoms with E-state index in [-0.39, 0.29) is 5.82 Å². The third-order valence-corrected chi connectivity index (χ3v) is 5.56. The SMILES string of the molecule is Fc1ccc(C2CCN(Cc3cc(-c4ccc(Cl)cc4)ccn3)CC2)cc1. The maximum atomic E-state index is 13.1. The van der Waals surface area contributed by atoms with E-state index in [1.54, 1.807) is 12.1 Å². The number of hydrogen-bond acceptors (Lipinski definition) is 2. The van der Waals surface area contributed by atoms with Crippen molar-refractivity contribution < 1.29 is 4.39 Å². The largest absolute Gasteiger partial charge is 0.297 e. The molecule has 138 valence electrons. The highest BCUT2D eigenvalue weighted by atomic mass is 35.5. The van der Waals surface area contributed by atoms with Crippen LogP contribution >= 0.6 is 11.6 Å². The van der Waals surface area contributed by atoms with Gasteiger partial charge in [-0.3, -0.25) is 9.88 Å². The molecule has 3 aromatic rings. The lowest BCUT2D eigenvalue weighted by atomic mass is 9.89. The molecule has 1 aliphatic rings. The second kappa shape index (κ2) is 8.20. The topological polar surface area (TPSA) is 16.1 Å². The summed E-state index contributed by atoms with van der Waals surface area (Å²) in [5, 5.41) is 0.747. The van der Waals surface area contributed by atoms with Crippen LogP contribution in [-0.2, 0) is 6.54 Å². The summed E-state index contributed by atoms with van der Waals surface area (Å²) in [6.07, 6.45) is 4.08. The molecule has 0 bridgehead atoms. The fourth-order valence-corrected chi connectivity index (χ4v) is 3.90. The van der Waals surface area contributed by atoms with E-state index in [2.05, 4.69) is 16.0 Å². The Balaban J connectivity index is 1.38. The summed E-state index contributed by atoms with van der Waals surface area (Å²) in [7, 11) is 0. The van der Waals surface area contributed by atoms with E-state index in [1.807, 2.05) is 48.7 Å². The molecule has 0 unspecified atom stereocenters. The second-order valence-electron chi connectivity index (χ2n) is 7.14. The molecule has 0 spiro atoms. The van der Waals surface area contributed by atoms with E-state index < -0.39 is 0 Å². The fraction of sp³-hybridized carbons (Fsp3) is 0.261. The first-order chi connectivity index (χ1) is 13.2. The van der Waals surface area contributed by atoms with Crippen molar-refractivity contribution in [1.29, 1.82) is 0 Å². The molecule has 2 heterocycles. The number of aromatic nitrogens is 1. The van der Waals surface area contributed by atoms with E-state index in [9.17, 15) is 4.39 Å². The van der Waals surface area contributed by atoms with Gasteiger partial charge in [0.1, 0.15) is 5.82 Å². The molecule has 0 atom stereocenters. The molecule has 1 saturated heterocycles. The van der Waals surface area contributed by atoms with Crippen LogP contribution in [-0.4, -0.2) is 23.0 Å². The number of nitrogens with zero attached hydrogens (tertiary/aromatic N) is 2. The molecule has 1 aromatic heterocycles. The molecule has 2 aromatic carbocycles. The average molecular weight is 381 g/mol. The Morgan fingerprint density at radius 2 is 1.63 bits per heavy atom. The van der Waals surface area contributed by atoms with Crippen LogP contribution < -0.4 is 0 Å². The molecule has 4 heteroatoms. The zero-order valence-corrected chi connectivity index (χ0v) is 15.9. The van der Waals surface area contributed by atoms with Gasteiger partial charge in [-0.05, 0) is 84.9 Å². The number of pyridine rings is 1. The highest BCUT2D eigenvalue weighted by molar-refractivity contribution is 6.30. The van der Waals surface area contributed by atoms with Crippen LogP contribution in [0.3, 0.4) is 0 Å². The maximum Gasteiger partial charge on any atom is 0.123 e. The van der Waals surface area contributed by atoms with Gasteiger partial charge in [-0.1, -0.05) is 35.9 Å². The van der Waals surface area contributed by atoms with Crippen molar-refractivity contribution in [3.8, 4) is 11.1 Å². The van der Waals surface area contributed by atoms with Gasteiger partial charge in [0.05, 0.1) is 5.69 Å². The lowest BCUT2D eigenvalue weighted by Gasteiger charge is -2.32. The third-order valence-electron chi connectivity index (χ3n) is 5.31. The van der Waals surface area contributed by atoms with Crippen molar-refractivity contribution in [2.24, 2.45) is 0 Å². The van der Waals surface area contributed by atoms with Crippen LogP contribution in [0.25, 0.3) is 11.1 Å². The van der Waals surface area contributed by atoms with Crippen LogP contribution in [0.5, 0.6) is 0 Å². The average Bonchev–Trinajstić information content (AvgIpc) is 2.70. The van der Waals surface area contributed by atoms with Crippen LogP contribution in [0.15, 0.2) is 66.9 Å². The van der Waals surface area contributed by atoms with Crippen molar-refractivity contribution in [3.63, 3.8) is 0 Å². The first-order valence-corrected chi connectivity index (χ1v) is 9.74. The predicted molar refractivity (Wildman–Crippen MR) is 108 cm³/mol. The lowest BCUT2D eigenvalue weighted by Crippen LogP contribution is -2.32. The van der Waals surface area contributed by atoms with Crippen LogP contribution in [0.4, 0.5) is 4.39 Å². The minimum atomic E-state index is -0.164. The van der Waals surface area contributed by atoms with Gasteiger partial charge < -0.3 is 0 Å².